The molecule has 0 unspecified atom stereocenters. The number of hydrogen-bond donors (Lipinski definition) is 1. The van der Waals surface area contributed by atoms with Crippen molar-refractivity contribution < 1.29 is 14.3 Å². The molecule has 0 fully saturated rings. The Balaban J connectivity index is 2.82. The van der Waals surface area contributed by atoms with Gasteiger partial charge < -0.3 is 14.4 Å². The highest BCUT2D eigenvalue weighted by molar-refractivity contribution is 5.84. The Morgan fingerprint density at radius 1 is 1.64 bits per heavy atom. The zero-order valence-corrected chi connectivity index (χ0v) is 8.70. The minimum Gasteiger partial charge on any atom is -0.475 e. The molecule has 4 heteroatoms. The van der Waals surface area contributed by atoms with Crippen molar-refractivity contribution in [3.05, 3.63) is 23.2 Å². The summed E-state index contributed by atoms with van der Waals surface area (Å²) < 4.78 is 5.10. The normalized spacial score (nSPS) is 10.9. The first-order valence-corrected chi connectivity index (χ1v) is 4.55. The zero-order valence-electron chi connectivity index (χ0n) is 8.70. The van der Waals surface area contributed by atoms with Crippen LogP contribution in [0.4, 0.5) is 0 Å². The molecule has 1 rings (SSSR count). The maximum absolute atomic E-state index is 10.6. The van der Waals surface area contributed by atoms with E-state index in [0.717, 1.165) is 18.7 Å². The second-order valence-electron chi connectivity index (χ2n) is 3.33. The fourth-order valence-electron chi connectivity index (χ4n) is 1.18. The van der Waals surface area contributed by atoms with Crippen LogP contribution in [0.2, 0.25) is 0 Å². The van der Waals surface area contributed by atoms with Crippen molar-refractivity contribution in [1.29, 1.82) is 0 Å². The van der Waals surface area contributed by atoms with E-state index < -0.39 is 5.97 Å². The topological polar surface area (TPSA) is 53.7 Å². The van der Waals surface area contributed by atoms with Crippen molar-refractivity contribution in [1.82, 2.24) is 4.90 Å². The van der Waals surface area contributed by atoms with Crippen LogP contribution >= 0.6 is 0 Å². The average Bonchev–Trinajstić information content (AvgIpc) is 2.48. The van der Waals surface area contributed by atoms with Gasteiger partial charge in [0.25, 0.3) is 0 Å². The van der Waals surface area contributed by atoms with E-state index in [2.05, 4.69) is 4.90 Å². The lowest BCUT2D eigenvalue weighted by molar-refractivity contribution is 0.0661. The monoisotopic (exact) mass is 197 g/mol. The van der Waals surface area contributed by atoms with Crippen molar-refractivity contribution in [3.8, 4) is 0 Å². The van der Waals surface area contributed by atoms with E-state index >= 15 is 0 Å². The van der Waals surface area contributed by atoms with Gasteiger partial charge in [0.15, 0.2) is 0 Å². The molecule has 0 aromatic carbocycles. The van der Waals surface area contributed by atoms with Gasteiger partial charge in [-0.15, -0.1) is 0 Å². The molecule has 1 aromatic heterocycles. The van der Waals surface area contributed by atoms with Gasteiger partial charge in [-0.1, -0.05) is 6.92 Å². The molecular formula is C10H15NO3. The van der Waals surface area contributed by atoms with Crippen LogP contribution in [0.15, 0.2) is 10.5 Å². The first kappa shape index (κ1) is 10.8. The SMILES string of the molecule is CCN(C)Cc1cc(C(=O)O)oc1C. The largest absolute Gasteiger partial charge is 0.475 e. The maximum atomic E-state index is 10.6. The number of nitrogens with zero attached hydrogens (tertiary/aromatic N) is 1. The highest BCUT2D eigenvalue weighted by Crippen LogP contribution is 2.16. The minimum absolute atomic E-state index is 0.0157. The maximum Gasteiger partial charge on any atom is 0.371 e. The van der Waals surface area contributed by atoms with Gasteiger partial charge in [0.1, 0.15) is 5.76 Å². The molecule has 0 atom stereocenters. The number of carboxylic acid groups (broad SMARTS) is 1. The minimum atomic E-state index is -1.02. The number of carbonyl (C=O) groups is 1. The molecule has 0 saturated carbocycles. The number of rotatable bonds is 4. The number of aromatic carboxylic acids is 1. The Morgan fingerprint density at radius 2 is 2.29 bits per heavy atom. The van der Waals surface area contributed by atoms with Gasteiger partial charge in [-0.2, -0.15) is 0 Å². The van der Waals surface area contributed by atoms with E-state index in [1.807, 2.05) is 14.0 Å². The third kappa shape index (κ3) is 2.35. The third-order valence-electron chi connectivity index (χ3n) is 2.21. The fraction of sp³-hybridized carbons (Fsp3) is 0.500. The summed E-state index contributed by atoms with van der Waals surface area (Å²) in [5, 5.41) is 8.71. The molecule has 14 heavy (non-hydrogen) atoms. The molecule has 1 N–H and O–H groups in total. The molecule has 0 bridgehead atoms. The van der Waals surface area contributed by atoms with Gasteiger partial charge in [0.05, 0.1) is 0 Å². The highest BCUT2D eigenvalue weighted by Gasteiger charge is 2.13. The van der Waals surface area contributed by atoms with Gasteiger partial charge in [0, 0.05) is 12.1 Å². The Hall–Kier alpha value is -1.29. The second kappa shape index (κ2) is 4.28. The van der Waals surface area contributed by atoms with Crippen molar-refractivity contribution in [2.24, 2.45) is 0 Å². The number of furan rings is 1. The van der Waals surface area contributed by atoms with E-state index in [1.54, 1.807) is 13.0 Å². The Kier molecular flexibility index (Phi) is 3.30. The molecule has 4 nitrogen and oxygen atoms in total. The van der Waals surface area contributed by atoms with Crippen molar-refractivity contribution in [2.75, 3.05) is 13.6 Å². The van der Waals surface area contributed by atoms with Crippen molar-refractivity contribution >= 4 is 5.97 Å². The summed E-state index contributed by atoms with van der Waals surface area (Å²) in [5.74, 6) is -0.316. The summed E-state index contributed by atoms with van der Waals surface area (Å²) in [6.45, 7) is 5.48. The van der Waals surface area contributed by atoms with Gasteiger partial charge in [-0.25, -0.2) is 4.79 Å². The third-order valence-corrected chi connectivity index (χ3v) is 2.21. The molecule has 78 valence electrons. The molecule has 1 heterocycles. The summed E-state index contributed by atoms with van der Waals surface area (Å²) in [5.41, 5.74) is 0.937. The predicted molar refractivity (Wildman–Crippen MR) is 52.4 cm³/mol. The Bertz CT molecular complexity index is 330. The van der Waals surface area contributed by atoms with E-state index in [-0.39, 0.29) is 5.76 Å². The highest BCUT2D eigenvalue weighted by atomic mass is 16.4. The number of carboxylic acids is 1. The van der Waals surface area contributed by atoms with Crippen LogP contribution in [-0.4, -0.2) is 29.6 Å². The molecule has 0 aliphatic heterocycles. The van der Waals surface area contributed by atoms with Gasteiger partial charge in [0.2, 0.25) is 5.76 Å². The second-order valence-corrected chi connectivity index (χ2v) is 3.33. The van der Waals surface area contributed by atoms with Crippen LogP contribution in [0.1, 0.15) is 28.8 Å². The van der Waals surface area contributed by atoms with Gasteiger partial charge >= 0.3 is 5.97 Å². The van der Waals surface area contributed by atoms with Crippen LogP contribution in [0.3, 0.4) is 0 Å². The van der Waals surface area contributed by atoms with Crippen LogP contribution in [0, 0.1) is 6.92 Å². The molecule has 0 aliphatic rings. The quantitative estimate of drug-likeness (QED) is 0.798. The van der Waals surface area contributed by atoms with E-state index in [4.69, 9.17) is 9.52 Å². The average molecular weight is 197 g/mol. The Labute approximate surface area is 83.1 Å². The van der Waals surface area contributed by atoms with Crippen LogP contribution in [0.5, 0.6) is 0 Å². The number of hydrogen-bond acceptors (Lipinski definition) is 3. The van der Waals surface area contributed by atoms with Crippen LogP contribution in [0.25, 0.3) is 0 Å². The van der Waals surface area contributed by atoms with E-state index in [9.17, 15) is 4.79 Å². The summed E-state index contributed by atoms with van der Waals surface area (Å²) in [7, 11) is 1.98. The molecule has 0 saturated heterocycles. The van der Waals surface area contributed by atoms with E-state index in [1.165, 1.54) is 0 Å². The summed E-state index contributed by atoms with van der Waals surface area (Å²) in [4.78, 5) is 12.7. The molecule has 0 radical (unpaired) electrons. The summed E-state index contributed by atoms with van der Waals surface area (Å²) in [6.07, 6.45) is 0. The lowest BCUT2D eigenvalue weighted by atomic mass is 10.2. The van der Waals surface area contributed by atoms with Gasteiger partial charge in [-0.3, -0.25) is 0 Å². The molecule has 1 aromatic rings. The molecule has 0 aliphatic carbocycles. The van der Waals surface area contributed by atoms with Gasteiger partial charge in [-0.05, 0) is 26.6 Å². The fourth-order valence-corrected chi connectivity index (χ4v) is 1.18. The van der Waals surface area contributed by atoms with Crippen LogP contribution in [-0.2, 0) is 6.54 Å². The molecule has 0 spiro atoms. The summed E-state index contributed by atoms with van der Waals surface area (Å²) in [6, 6.07) is 1.59. The summed E-state index contributed by atoms with van der Waals surface area (Å²) >= 11 is 0. The van der Waals surface area contributed by atoms with Crippen molar-refractivity contribution in [2.45, 2.75) is 20.4 Å². The molecule has 0 amide bonds. The Morgan fingerprint density at radius 3 is 2.71 bits per heavy atom. The lowest BCUT2D eigenvalue weighted by Crippen LogP contribution is -2.16. The predicted octanol–water partition coefficient (Wildman–Crippen LogP) is 1.74. The molecular weight excluding hydrogens is 182 g/mol. The van der Waals surface area contributed by atoms with E-state index in [0.29, 0.717) is 5.76 Å². The smallest absolute Gasteiger partial charge is 0.371 e. The lowest BCUT2D eigenvalue weighted by Gasteiger charge is -2.12. The zero-order chi connectivity index (χ0) is 10.7. The first-order valence-electron chi connectivity index (χ1n) is 4.55. The first-order chi connectivity index (χ1) is 6.54. The van der Waals surface area contributed by atoms with Crippen molar-refractivity contribution in [3.63, 3.8) is 0 Å². The standard InChI is InChI=1S/C10H15NO3/c1-4-11(3)6-8-5-9(10(12)13)14-7(8)2/h5H,4,6H2,1-3H3,(H,12,13). The number of aryl methyl sites for hydroxylation is 1. The van der Waals surface area contributed by atoms with Crippen LogP contribution < -0.4 is 0 Å².